The SMILES string of the molecule is COC(=O)C(O)(c1c[nH]c2cccc(Cl)c12)C(F)(F)F. The molecule has 0 aliphatic rings. The smallest absolute Gasteiger partial charge is 0.432 e. The molecule has 0 aliphatic carbocycles. The average molecular weight is 308 g/mol. The Hall–Kier alpha value is -1.73. The fourth-order valence-corrected chi connectivity index (χ4v) is 2.23. The summed E-state index contributed by atoms with van der Waals surface area (Å²) in [6.45, 7) is 0. The van der Waals surface area contributed by atoms with Gasteiger partial charge in [-0.2, -0.15) is 13.2 Å². The van der Waals surface area contributed by atoms with Crippen LogP contribution in [0.25, 0.3) is 10.9 Å². The van der Waals surface area contributed by atoms with Crippen LogP contribution in [-0.4, -0.2) is 29.3 Å². The highest BCUT2D eigenvalue weighted by molar-refractivity contribution is 6.35. The molecule has 0 fully saturated rings. The lowest BCUT2D eigenvalue weighted by Crippen LogP contribution is -2.49. The Labute approximate surface area is 116 Å². The lowest BCUT2D eigenvalue weighted by molar-refractivity contribution is -0.266. The molecule has 1 atom stereocenters. The molecule has 0 saturated carbocycles. The van der Waals surface area contributed by atoms with E-state index < -0.39 is 23.3 Å². The van der Waals surface area contributed by atoms with E-state index in [-0.39, 0.29) is 15.9 Å². The third-order valence-electron chi connectivity index (χ3n) is 2.94. The Morgan fingerprint density at radius 1 is 1.40 bits per heavy atom. The number of carbonyl (C=O) groups excluding carboxylic acids is 1. The number of benzene rings is 1. The number of hydrogen-bond acceptors (Lipinski definition) is 3. The van der Waals surface area contributed by atoms with E-state index in [0.29, 0.717) is 0 Å². The van der Waals surface area contributed by atoms with Gasteiger partial charge in [0.05, 0.1) is 12.1 Å². The number of methoxy groups -OCH3 is 1. The standard InChI is InChI=1S/C12H9ClF3NO3/c1-20-10(18)11(19,12(14,15)16)6-5-17-8-4-2-3-7(13)9(6)8/h2-5,17,19H,1H3. The average Bonchev–Trinajstić information content (AvgIpc) is 2.81. The molecule has 108 valence electrons. The minimum atomic E-state index is -5.26. The maximum atomic E-state index is 13.2. The summed E-state index contributed by atoms with van der Waals surface area (Å²) >= 11 is 5.86. The molecule has 8 heteroatoms. The van der Waals surface area contributed by atoms with Gasteiger partial charge in [0, 0.05) is 22.7 Å². The number of halogens is 4. The summed E-state index contributed by atoms with van der Waals surface area (Å²) < 4.78 is 43.6. The number of ether oxygens (including phenoxy) is 1. The zero-order valence-corrected chi connectivity index (χ0v) is 10.8. The van der Waals surface area contributed by atoms with E-state index in [1.54, 1.807) is 0 Å². The molecular formula is C12H9ClF3NO3. The van der Waals surface area contributed by atoms with Crippen LogP contribution in [0.2, 0.25) is 5.02 Å². The van der Waals surface area contributed by atoms with E-state index in [1.807, 2.05) is 0 Å². The number of aromatic amines is 1. The molecule has 0 radical (unpaired) electrons. The van der Waals surface area contributed by atoms with Crippen molar-refractivity contribution in [2.45, 2.75) is 11.8 Å². The minimum Gasteiger partial charge on any atom is -0.466 e. The molecule has 20 heavy (non-hydrogen) atoms. The van der Waals surface area contributed by atoms with Gasteiger partial charge in [-0.3, -0.25) is 0 Å². The van der Waals surface area contributed by atoms with Crippen molar-refractivity contribution in [2.75, 3.05) is 7.11 Å². The minimum absolute atomic E-state index is 0.0228. The Kier molecular flexibility index (Phi) is 3.43. The molecule has 0 aliphatic heterocycles. The molecule has 2 aromatic rings. The lowest BCUT2D eigenvalue weighted by Gasteiger charge is -2.27. The van der Waals surface area contributed by atoms with Crippen LogP contribution in [0.5, 0.6) is 0 Å². The van der Waals surface area contributed by atoms with Crippen molar-refractivity contribution in [1.29, 1.82) is 0 Å². The summed E-state index contributed by atoms with van der Waals surface area (Å²) in [5, 5.41) is 9.81. The fourth-order valence-electron chi connectivity index (χ4n) is 1.95. The topological polar surface area (TPSA) is 62.3 Å². The monoisotopic (exact) mass is 307 g/mol. The Balaban J connectivity index is 2.80. The first kappa shape index (κ1) is 14.7. The zero-order chi connectivity index (χ0) is 15.1. The molecule has 1 aromatic heterocycles. The summed E-state index contributed by atoms with van der Waals surface area (Å²) in [6, 6.07) is 4.35. The highest BCUT2D eigenvalue weighted by Crippen LogP contribution is 2.44. The van der Waals surface area contributed by atoms with Gasteiger partial charge >= 0.3 is 12.1 Å². The molecular weight excluding hydrogens is 299 g/mol. The van der Waals surface area contributed by atoms with Gasteiger partial charge in [-0.1, -0.05) is 17.7 Å². The second-order valence-electron chi connectivity index (χ2n) is 4.06. The van der Waals surface area contributed by atoms with Crippen molar-refractivity contribution >= 4 is 28.5 Å². The number of fused-ring (bicyclic) bond motifs is 1. The number of alkyl halides is 3. The van der Waals surface area contributed by atoms with Crippen LogP contribution in [0.3, 0.4) is 0 Å². The third-order valence-corrected chi connectivity index (χ3v) is 3.25. The first-order chi connectivity index (χ1) is 9.23. The normalized spacial score (nSPS) is 15.1. The summed E-state index contributed by atoms with van der Waals surface area (Å²) in [6.07, 6.45) is -4.37. The Bertz CT molecular complexity index is 668. The van der Waals surface area contributed by atoms with Crippen molar-refractivity contribution in [3.05, 3.63) is 35.0 Å². The van der Waals surface area contributed by atoms with Crippen molar-refractivity contribution in [2.24, 2.45) is 0 Å². The highest BCUT2D eigenvalue weighted by atomic mass is 35.5. The van der Waals surface area contributed by atoms with Crippen molar-refractivity contribution in [3.8, 4) is 0 Å². The number of aromatic nitrogens is 1. The second-order valence-corrected chi connectivity index (χ2v) is 4.47. The van der Waals surface area contributed by atoms with Crippen LogP contribution in [0, 0.1) is 0 Å². The molecule has 0 saturated heterocycles. The van der Waals surface area contributed by atoms with Gasteiger partial charge in [-0.05, 0) is 12.1 Å². The lowest BCUT2D eigenvalue weighted by atomic mass is 9.92. The summed E-state index contributed by atoms with van der Waals surface area (Å²) in [5.41, 5.74) is -4.22. The number of carbonyl (C=O) groups is 1. The highest BCUT2D eigenvalue weighted by Gasteiger charge is 2.63. The number of H-pyrrole nitrogens is 1. The first-order valence-electron chi connectivity index (χ1n) is 5.37. The van der Waals surface area contributed by atoms with Gasteiger partial charge in [0.15, 0.2) is 0 Å². The molecule has 0 amide bonds. The largest absolute Gasteiger partial charge is 0.466 e. The zero-order valence-electron chi connectivity index (χ0n) is 10.1. The number of esters is 1. The van der Waals surface area contributed by atoms with Crippen LogP contribution >= 0.6 is 11.6 Å². The Morgan fingerprint density at radius 3 is 2.60 bits per heavy atom. The molecule has 2 N–H and O–H groups in total. The second kappa shape index (κ2) is 4.68. The number of nitrogens with one attached hydrogen (secondary N) is 1. The van der Waals surface area contributed by atoms with Crippen molar-refractivity contribution < 1.29 is 27.8 Å². The van der Waals surface area contributed by atoms with E-state index in [2.05, 4.69) is 9.72 Å². The molecule has 4 nitrogen and oxygen atoms in total. The van der Waals surface area contributed by atoms with E-state index in [4.69, 9.17) is 11.6 Å². The molecule has 0 bridgehead atoms. The molecule has 1 heterocycles. The maximum Gasteiger partial charge on any atom is 0.432 e. The fraction of sp³-hybridized carbons (Fsp3) is 0.250. The first-order valence-corrected chi connectivity index (χ1v) is 5.75. The van der Waals surface area contributed by atoms with Gasteiger partial charge in [0.2, 0.25) is 0 Å². The molecule has 1 aromatic carbocycles. The van der Waals surface area contributed by atoms with Crippen molar-refractivity contribution in [3.63, 3.8) is 0 Å². The van der Waals surface area contributed by atoms with Crippen LogP contribution in [0.15, 0.2) is 24.4 Å². The van der Waals surface area contributed by atoms with E-state index >= 15 is 0 Å². The van der Waals surface area contributed by atoms with E-state index in [9.17, 15) is 23.1 Å². The van der Waals surface area contributed by atoms with Gasteiger partial charge in [-0.15, -0.1) is 0 Å². The van der Waals surface area contributed by atoms with Crippen LogP contribution in [0.1, 0.15) is 5.56 Å². The third kappa shape index (κ3) is 1.94. The van der Waals surface area contributed by atoms with Crippen LogP contribution in [0.4, 0.5) is 13.2 Å². The van der Waals surface area contributed by atoms with E-state index in [0.717, 1.165) is 13.3 Å². The predicted octanol–water partition coefficient (Wildman–Crippen LogP) is 2.74. The quantitative estimate of drug-likeness (QED) is 0.839. The van der Waals surface area contributed by atoms with Crippen LogP contribution < -0.4 is 0 Å². The Morgan fingerprint density at radius 2 is 2.05 bits per heavy atom. The number of hydrogen-bond donors (Lipinski definition) is 2. The molecule has 0 spiro atoms. The number of aliphatic hydroxyl groups is 1. The molecule has 1 unspecified atom stereocenters. The maximum absolute atomic E-state index is 13.2. The van der Waals surface area contributed by atoms with Crippen molar-refractivity contribution in [1.82, 2.24) is 4.98 Å². The summed E-state index contributed by atoms with van der Waals surface area (Å²) in [5.74, 6) is -1.83. The van der Waals surface area contributed by atoms with Gasteiger partial charge < -0.3 is 14.8 Å². The van der Waals surface area contributed by atoms with Gasteiger partial charge in [0.25, 0.3) is 5.60 Å². The summed E-state index contributed by atoms with van der Waals surface area (Å²) in [7, 11) is 0.759. The van der Waals surface area contributed by atoms with E-state index in [1.165, 1.54) is 18.2 Å². The van der Waals surface area contributed by atoms with Gasteiger partial charge in [0.1, 0.15) is 0 Å². The number of rotatable bonds is 2. The molecule has 2 rings (SSSR count). The van der Waals surface area contributed by atoms with Crippen LogP contribution in [-0.2, 0) is 15.1 Å². The predicted molar refractivity (Wildman–Crippen MR) is 65.3 cm³/mol. The summed E-state index contributed by atoms with van der Waals surface area (Å²) in [4.78, 5) is 14.0. The van der Waals surface area contributed by atoms with Gasteiger partial charge in [-0.25, -0.2) is 4.79 Å².